The molecule has 0 atom stereocenters. The number of imidazole rings is 1. The lowest BCUT2D eigenvalue weighted by molar-refractivity contribution is 0.229. The van der Waals surface area contributed by atoms with Crippen LogP contribution in [0.4, 0.5) is 0 Å². The van der Waals surface area contributed by atoms with Gasteiger partial charge in [0.25, 0.3) is 0 Å². The molecule has 0 radical (unpaired) electrons. The summed E-state index contributed by atoms with van der Waals surface area (Å²) in [5.41, 5.74) is 8.36. The maximum atomic E-state index is 6.73. The van der Waals surface area contributed by atoms with Crippen molar-refractivity contribution in [3.63, 3.8) is 0 Å². The van der Waals surface area contributed by atoms with Gasteiger partial charge in [-0.3, -0.25) is 0 Å². The SMILES string of the molecule is CC1CCC(N)(c2nc3cccnc3n2C(C)C)CC1. The van der Waals surface area contributed by atoms with Crippen molar-refractivity contribution in [2.24, 2.45) is 11.7 Å². The highest BCUT2D eigenvalue weighted by atomic mass is 15.2. The van der Waals surface area contributed by atoms with Gasteiger partial charge in [0.05, 0.1) is 5.54 Å². The Morgan fingerprint density at radius 3 is 2.70 bits per heavy atom. The minimum Gasteiger partial charge on any atom is -0.319 e. The van der Waals surface area contributed by atoms with Crippen LogP contribution in [-0.4, -0.2) is 14.5 Å². The Balaban J connectivity index is 2.13. The van der Waals surface area contributed by atoms with E-state index >= 15 is 0 Å². The molecule has 0 saturated heterocycles. The fourth-order valence-corrected chi connectivity index (χ4v) is 3.27. The van der Waals surface area contributed by atoms with Crippen LogP contribution in [0.5, 0.6) is 0 Å². The molecule has 1 fully saturated rings. The average Bonchev–Trinajstić information content (AvgIpc) is 2.82. The number of aromatic nitrogens is 3. The second kappa shape index (κ2) is 4.85. The summed E-state index contributed by atoms with van der Waals surface area (Å²) in [5, 5.41) is 0. The lowest BCUT2D eigenvalue weighted by Gasteiger charge is -2.36. The molecule has 108 valence electrons. The molecule has 0 aromatic carbocycles. The van der Waals surface area contributed by atoms with E-state index in [0.717, 1.165) is 35.7 Å². The number of fused-ring (bicyclic) bond motifs is 1. The Kier molecular flexibility index (Phi) is 3.28. The summed E-state index contributed by atoms with van der Waals surface area (Å²) >= 11 is 0. The van der Waals surface area contributed by atoms with Crippen molar-refractivity contribution in [3.05, 3.63) is 24.2 Å². The number of pyridine rings is 1. The molecule has 0 unspecified atom stereocenters. The summed E-state index contributed by atoms with van der Waals surface area (Å²) < 4.78 is 2.23. The fourth-order valence-electron chi connectivity index (χ4n) is 3.27. The van der Waals surface area contributed by atoms with Crippen LogP contribution in [0.15, 0.2) is 18.3 Å². The Morgan fingerprint density at radius 1 is 1.35 bits per heavy atom. The molecular weight excluding hydrogens is 248 g/mol. The summed E-state index contributed by atoms with van der Waals surface area (Å²) in [5.74, 6) is 1.80. The zero-order valence-corrected chi connectivity index (χ0v) is 12.6. The van der Waals surface area contributed by atoms with Gasteiger partial charge in [-0.05, 0) is 57.6 Å². The zero-order valence-electron chi connectivity index (χ0n) is 12.6. The summed E-state index contributed by atoms with van der Waals surface area (Å²) in [6.07, 6.45) is 6.24. The Morgan fingerprint density at radius 2 is 2.05 bits per heavy atom. The molecule has 0 aliphatic heterocycles. The standard InChI is InChI=1S/C16H24N4/c1-11(2)20-14-13(5-4-10-18-14)19-15(20)16(17)8-6-12(3)7-9-16/h4-5,10-12H,6-9,17H2,1-3H3. The van der Waals surface area contributed by atoms with Crippen molar-refractivity contribution in [2.45, 2.75) is 58.0 Å². The van der Waals surface area contributed by atoms with Crippen LogP contribution in [0.3, 0.4) is 0 Å². The molecule has 0 spiro atoms. The molecule has 2 aromatic rings. The molecule has 20 heavy (non-hydrogen) atoms. The molecule has 4 heteroatoms. The smallest absolute Gasteiger partial charge is 0.160 e. The summed E-state index contributed by atoms with van der Waals surface area (Å²) in [7, 11) is 0. The maximum absolute atomic E-state index is 6.73. The van der Waals surface area contributed by atoms with Crippen LogP contribution in [0.1, 0.15) is 58.3 Å². The van der Waals surface area contributed by atoms with E-state index < -0.39 is 0 Å². The largest absolute Gasteiger partial charge is 0.319 e. The Labute approximate surface area is 120 Å². The van der Waals surface area contributed by atoms with E-state index in [4.69, 9.17) is 10.7 Å². The predicted octanol–water partition coefficient (Wildman–Crippen LogP) is 3.38. The predicted molar refractivity (Wildman–Crippen MR) is 81.4 cm³/mol. The number of nitrogens with two attached hydrogens (primary N) is 1. The fraction of sp³-hybridized carbons (Fsp3) is 0.625. The van der Waals surface area contributed by atoms with Gasteiger partial charge in [-0.25, -0.2) is 9.97 Å². The Hall–Kier alpha value is -1.42. The van der Waals surface area contributed by atoms with Crippen molar-refractivity contribution in [1.82, 2.24) is 14.5 Å². The molecular formula is C16H24N4. The molecule has 1 saturated carbocycles. The van der Waals surface area contributed by atoms with E-state index in [1.165, 1.54) is 12.8 Å². The number of rotatable bonds is 2. The molecule has 1 aliphatic rings. The highest BCUT2D eigenvalue weighted by molar-refractivity contribution is 5.71. The van der Waals surface area contributed by atoms with Gasteiger partial charge in [0.2, 0.25) is 0 Å². The molecule has 1 aliphatic carbocycles. The van der Waals surface area contributed by atoms with Gasteiger partial charge in [-0.15, -0.1) is 0 Å². The highest BCUT2D eigenvalue weighted by Crippen LogP contribution is 2.38. The molecule has 0 bridgehead atoms. The van der Waals surface area contributed by atoms with Gasteiger partial charge in [0, 0.05) is 12.2 Å². The van der Waals surface area contributed by atoms with Crippen molar-refractivity contribution in [3.8, 4) is 0 Å². The van der Waals surface area contributed by atoms with Crippen LogP contribution in [-0.2, 0) is 5.54 Å². The van der Waals surface area contributed by atoms with Crippen molar-refractivity contribution < 1.29 is 0 Å². The number of hydrogen-bond donors (Lipinski definition) is 1. The van der Waals surface area contributed by atoms with Crippen molar-refractivity contribution in [2.75, 3.05) is 0 Å². The van der Waals surface area contributed by atoms with Gasteiger partial charge < -0.3 is 10.3 Å². The first-order valence-electron chi connectivity index (χ1n) is 7.63. The molecule has 4 nitrogen and oxygen atoms in total. The van der Waals surface area contributed by atoms with Gasteiger partial charge in [-0.2, -0.15) is 0 Å². The van der Waals surface area contributed by atoms with Crippen LogP contribution in [0.25, 0.3) is 11.2 Å². The first-order chi connectivity index (χ1) is 9.51. The van der Waals surface area contributed by atoms with Gasteiger partial charge >= 0.3 is 0 Å². The highest BCUT2D eigenvalue weighted by Gasteiger charge is 2.37. The lowest BCUT2D eigenvalue weighted by atomic mass is 9.77. The van der Waals surface area contributed by atoms with Crippen molar-refractivity contribution in [1.29, 1.82) is 0 Å². The van der Waals surface area contributed by atoms with Crippen LogP contribution in [0, 0.1) is 5.92 Å². The second-order valence-corrected chi connectivity index (χ2v) is 6.58. The van der Waals surface area contributed by atoms with E-state index in [0.29, 0.717) is 6.04 Å². The molecule has 2 heterocycles. The van der Waals surface area contributed by atoms with E-state index in [2.05, 4.69) is 30.3 Å². The Bertz CT molecular complexity index is 606. The topological polar surface area (TPSA) is 56.7 Å². The summed E-state index contributed by atoms with van der Waals surface area (Å²) in [4.78, 5) is 9.34. The third kappa shape index (κ3) is 2.12. The summed E-state index contributed by atoms with van der Waals surface area (Å²) in [6.45, 7) is 6.66. The molecule has 0 amide bonds. The summed E-state index contributed by atoms with van der Waals surface area (Å²) in [6, 6.07) is 4.29. The lowest BCUT2D eigenvalue weighted by Crippen LogP contribution is -2.42. The van der Waals surface area contributed by atoms with E-state index in [9.17, 15) is 0 Å². The van der Waals surface area contributed by atoms with E-state index in [1.807, 2.05) is 18.3 Å². The van der Waals surface area contributed by atoms with Crippen molar-refractivity contribution >= 4 is 11.2 Å². The second-order valence-electron chi connectivity index (χ2n) is 6.58. The van der Waals surface area contributed by atoms with E-state index in [1.54, 1.807) is 0 Å². The minimum atomic E-state index is -0.294. The van der Waals surface area contributed by atoms with Crippen LogP contribution >= 0.6 is 0 Å². The van der Waals surface area contributed by atoms with E-state index in [-0.39, 0.29) is 5.54 Å². The van der Waals surface area contributed by atoms with Gasteiger partial charge in [0.1, 0.15) is 11.3 Å². The minimum absolute atomic E-state index is 0.294. The molecule has 2 N–H and O–H groups in total. The van der Waals surface area contributed by atoms with Gasteiger partial charge in [0.15, 0.2) is 5.65 Å². The third-order valence-corrected chi connectivity index (χ3v) is 4.58. The third-order valence-electron chi connectivity index (χ3n) is 4.58. The van der Waals surface area contributed by atoms with Crippen LogP contribution in [0.2, 0.25) is 0 Å². The monoisotopic (exact) mass is 272 g/mol. The maximum Gasteiger partial charge on any atom is 0.160 e. The van der Waals surface area contributed by atoms with Gasteiger partial charge in [-0.1, -0.05) is 6.92 Å². The zero-order chi connectivity index (χ0) is 14.3. The number of hydrogen-bond acceptors (Lipinski definition) is 3. The molecule has 2 aromatic heterocycles. The van der Waals surface area contributed by atoms with Crippen LogP contribution < -0.4 is 5.73 Å². The average molecular weight is 272 g/mol. The molecule has 3 rings (SSSR count). The first-order valence-corrected chi connectivity index (χ1v) is 7.63. The normalized spacial score (nSPS) is 27.4. The first kappa shape index (κ1) is 13.6. The quantitative estimate of drug-likeness (QED) is 0.911. The number of nitrogens with zero attached hydrogens (tertiary/aromatic N) is 3.